The molecule has 4 N–H and O–H groups in total. The maximum atomic E-state index is 5.93. The molecule has 0 unspecified atom stereocenters. The minimum Gasteiger partial charge on any atom is -0.368 e. The highest BCUT2D eigenvalue weighted by atomic mass is 15.3. The first-order valence-corrected chi connectivity index (χ1v) is 9.64. The number of anilines is 4. The van der Waals surface area contributed by atoms with Gasteiger partial charge in [-0.15, -0.1) is 0 Å². The molecular formula is C21H26N7+. The molecule has 144 valence electrons. The lowest BCUT2D eigenvalue weighted by atomic mass is 10.2. The van der Waals surface area contributed by atoms with E-state index in [2.05, 4.69) is 55.5 Å². The Labute approximate surface area is 165 Å². The van der Waals surface area contributed by atoms with Crippen LogP contribution in [0, 0.1) is 6.92 Å². The van der Waals surface area contributed by atoms with Crippen LogP contribution in [0.3, 0.4) is 0 Å². The summed E-state index contributed by atoms with van der Waals surface area (Å²) < 4.78 is 0. The number of hydrogen-bond acceptors (Lipinski definition) is 6. The molecule has 0 radical (unpaired) electrons. The standard InChI is InChI=1S/C21H25N7/c1-16-7-5-6-10-18(16)23-21-25-19(24-20(22)26-21)15-27-11-13-28(14-12-27)17-8-3-2-4-9-17/h2-10H,11-15H2,1H3,(H3,22,23,24,25,26)/p+1. The van der Waals surface area contributed by atoms with Gasteiger partial charge in [0, 0.05) is 11.4 Å². The maximum Gasteiger partial charge on any atom is 0.232 e. The van der Waals surface area contributed by atoms with Crippen molar-refractivity contribution in [2.45, 2.75) is 13.5 Å². The number of nitrogens with two attached hydrogens (primary N) is 1. The van der Waals surface area contributed by atoms with E-state index in [1.165, 1.54) is 10.6 Å². The van der Waals surface area contributed by atoms with Crippen molar-refractivity contribution in [3.8, 4) is 0 Å². The summed E-state index contributed by atoms with van der Waals surface area (Å²) in [5.41, 5.74) is 9.33. The normalized spacial score (nSPS) is 14.8. The Balaban J connectivity index is 1.40. The van der Waals surface area contributed by atoms with Gasteiger partial charge in [0.05, 0.1) is 26.2 Å². The van der Waals surface area contributed by atoms with E-state index >= 15 is 0 Å². The van der Waals surface area contributed by atoms with E-state index in [-0.39, 0.29) is 5.95 Å². The van der Waals surface area contributed by atoms with Gasteiger partial charge in [0.15, 0.2) is 5.82 Å². The molecule has 0 saturated carbocycles. The maximum absolute atomic E-state index is 5.93. The van der Waals surface area contributed by atoms with Gasteiger partial charge in [-0.05, 0) is 30.7 Å². The third kappa shape index (κ3) is 4.37. The van der Waals surface area contributed by atoms with Crippen molar-refractivity contribution in [2.75, 3.05) is 42.1 Å². The van der Waals surface area contributed by atoms with E-state index in [1.807, 2.05) is 31.2 Å². The highest BCUT2D eigenvalue weighted by Crippen LogP contribution is 2.17. The summed E-state index contributed by atoms with van der Waals surface area (Å²) >= 11 is 0. The average molecular weight is 376 g/mol. The Morgan fingerprint density at radius 1 is 0.964 bits per heavy atom. The second-order valence-corrected chi connectivity index (χ2v) is 7.12. The first-order chi connectivity index (χ1) is 13.7. The summed E-state index contributed by atoms with van der Waals surface area (Å²) in [4.78, 5) is 17.1. The van der Waals surface area contributed by atoms with Crippen molar-refractivity contribution < 1.29 is 4.90 Å². The molecule has 7 nitrogen and oxygen atoms in total. The first-order valence-electron chi connectivity index (χ1n) is 9.64. The van der Waals surface area contributed by atoms with Crippen molar-refractivity contribution in [2.24, 2.45) is 0 Å². The molecule has 7 heteroatoms. The van der Waals surface area contributed by atoms with Crippen LogP contribution in [-0.4, -0.2) is 41.1 Å². The Kier molecular flexibility index (Phi) is 5.34. The summed E-state index contributed by atoms with van der Waals surface area (Å²) in [5.74, 6) is 1.48. The SMILES string of the molecule is Cc1ccccc1Nc1nc(N)nc(C[NH+]2CCN(c3ccccc3)CC2)n1. The van der Waals surface area contributed by atoms with Crippen molar-refractivity contribution in [3.63, 3.8) is 0 Å². The van der Waals surface area contributed by atoms with E-state index in [4.69, 9.17) is 5.73 Å². The van der Waals surface area contributed by atoms with Gasteiger partial charge in [-0.3, -0.25) is 0 Å². The number of piperazine rings is 1. The quantitative estimate of drug-likeness (QED) is 0.624. The molecule has 0 bridgehead atoms. The molecule has 3 aromatic rings. The smallest absolute Gasteiger partial charge is 0.232 e. The van der Waals surface area contributed by atoms with Crippen LogP contribution in [0.1, 0.15) is 11.4 Å². The Hall–Kier alpha value is -3.19. The van der Waals surface area contributed by atoms with Gasteiger partial charge in [0.25, 0.3) is 0 Å². The molecule has 4 rings (SSSR count). The lowest BCUT2D eigenvalue weighted by Crippen LogP contribution is -3.13. The second-order valence-electron chi connectivity index (χ2n) is 7.12. The number of quaternary nitrogens is 1. The summed E-state index contributed by atoms with van der Waals surface area (Å²) in [5, 5.41) is 3.26. The molecule has 1 aliphatic rings. The van der Waals surface area contributed by atoms with Crippen molar-refractivity contribution in [1.29, 1.82) is 0 Å². The number of nitrogens with one attached hydrogen (secondary N) is 2. The lowest BCUT2D eigenvalue weighted by molar-refractivity contribution is -0.915. The van der Waals surface area contributed by atoms with Crippen molar-refractivity contribution in [1.82, 2.24) is 15.0 Å². The number of aromatic nitrogens is 3. The average Bonchev–Trinajstić information content (AvgIpc) is 2.71. The van der Waals surface area contributed by atoms with Crippen LogP contribution < -0.4 is 20.9 Å². The molecule has 0 spiro atoms. The number of para-hydroxylation sites is 2. The fourth-order valence-electron chi connectivity index (χ4n) is 3.53. The summed E-state index contributed by atoms with van der Waals surface area (Å²) in [6, 6.07) is 18.6. The van der Waals surface area contributed by atoms with Gasteiger partial charge < -0.3 is 20.9 Å². The van der Waals surface area contributed by atoms with E-state index in [0.29, 0.717) is 5.95 Å². The number of aryl methyl sites for hydroxylation is 1. The third-order valence-corrected chi connectivity index (χ3v) is 5.09. The van der Waals surface area contributed by atoms with Gasteiger partial charge in [-0.2, -0.15) is 15.0 Å². The van der Waals surface area contributed by atoms with Gasteiger partial charge in [-0.1, -0.05) is 36.4 Å². The fraction of sp³-hybridized carbons (Fsp3) is 0.286. The molecule has 0 atom stereocenters. The summed E-state index contributed by atoms with van der Waals surface area (Å²) in [6.07, 6.45) is 0. The van der Waals surface area contributed by atoms with E-state index in [0.717, 1.165) is 49.8 Å². The number of benzene rings is 2. The molecule has 0 aliphatic carbocycles. The third-order valence-electron chi connectivity index (χ3n) is 5.09. The summed E-state index contributed by atoms with van der Waals surface area (Å²) in [7, 11) is 0. The molecule has 1 aromatic heterocycles. The fourth-order valence-corrected chi connectivity index (χ4v) is 3.53. The van der Waals surface area contributed by atoms with Crippen LogP contribution in [0.25, 0.3) is 0 Å². The zero-order valence-corrected chi connectivity index (χ0v) is 16.1. The zero-order chi connectivity index (χ0) is 19.3. The van der Waals surface area contributed by atoms with Crippen LogP contribution in [-0.2, 0) is 6.54 Å². The van der Waals surface area contributed by atoms with Crippen LogP contribution in [0.4, 0.5) is 23.3 Å². The van der Waals surface area contributed by atoms with Gasteiger partial charge in [0.1, 0.15) is 6.54 Å². The molecular weight excluding hydrogens is 350 g/mol. The minimum absolute atomic E-state index is 0.253. The molecule has 2 heterocycles. The molecule has 2 aromatic carbocycles. The predicted octanol–water partition coefficient (Wildman–Crippen LogP) is 1.41. The van der Waals surface area contributed by atoms with Crippen LogP contribution in [0.2, 0.25) is 0 Å². The lowest BCUT2D eigenvalue weighted by Gasteiger charge is -2.33. The Bertz CT molecular complexity index is 921. The molecule has 0 amide bonds. The number of nitrogens with zero attached hydrogens (tertiary/aromatic N) is 4. The largest absolute Gasteiger partial charge is 0.368 e. The first kappa shape index (κ1) is 18.2. The van der Waals surface area contributed by atoms with E-state index in [9.17, 15) is 0 Å². The van der Waals surface area contributed by atoms with Crippen molar-refractivity contribution in [3.05, 3.63) is 66.0 Å². The van der Waals surface area contributed by atoms with Gasteiger partial charge in [-0.25, -0.2) is 0 Å². The highest BCUT2D eigenvalue weighted by molar-refractivity contribution is 5.58. The second kappa shape index (κ2) is 8.22. The molecule has 1 aliphatic heterocycles. The van der Waals surface area contributed by atoms with E-state index in [1.54, 1.807) is 0 Å². The monoisotopic (exact) mass is 376 g/mol. The highest BCUT2D eigenvalue weighted by Gasteiger charge is 2.21. The minimum atomic E-state index is 0.253. The van der Waals surface area contributed by atoms with E-state index < -0.39 is 0 Å². The van der Waals surface area contributed by atoms with Crippen LogP contribution in [0.5, 0.6) is 0 Å². The molecule has 1 saturated heterocycles. The number of rotatable bonds is 5. The Morgan fingerprint density at radius 3 is 2.43 bits per heavy atom. The van der Waals surface area contributed by atoms with Crippen LogP contribution in [0.15, 0.2) is 54.6 Å². The van der Waals surface area contributed by atoms with Crippen LogP contribution >= 0.6 is 0 Å². The topological polar surface area (TPSA) is 84.4 Å². The van der Waals surface area contributed by atoms with Gasteiger partial charge >= 0.3 is 0 Å². The van der Waals surface area contributed by atoms with Crippen molar-refractivity contribution >= 4 is 23.3 Å². The van der Waals surface area contributed by atoms with Gasteiger partial charge in [0.2, 0.25) is 11.9 Å². The Morgan fingerprint density at radius 2 is 1.68 bits per heavy atom. The molecule has 1 fully saturated rings. The number of nitrogen functional groups attached to an aromatic ring is 1. The number of hydrogen-bond donors (Lipinski definition) is 3. The summed E-state index contributed by atoms with van der Waals surface area (Å²) in [6.45, 7) is 6.92. The molecule has 28 heavy (non-hydrogen) atoms. The zero-order valence-electron chi connectivity index (χ0n) is 16.1. The predicted molar refractivity (Wildman–Crippen MR) is 112 cm³/mol.